The summed E-state index contributed by atoms with van der Waals surface area (Å²) in [5.74, 6) is 0.846. The Balaban J connectivity index is 1.63. The van der Waals surface area contributed by atoms with E-state index in [9.17, 15) is 0 Å². The Morgan fingerprint density at radius 1 is 1.28 bits per heavy atom. The smallest absolute Gasteiger partial charge is 0.131 e. The van der Waals surface area contributed by atoms with Gasteiger partial charge in [-0.3, -0.25) is 4.68 Å². The van der Waals surface area contributed by atoms with E-state index in [1.54, 1.807) is 11.8 Å². The molecule has 0 saturated carbocycles. The SMILES string of the molecule is COc1ccc(-n2ncc3c2CC(C)(C)C[C@H]3NCc2c(C)nn(C)c2Cl)cc1. The molecule has 0 amide bonds. The fourth-order valence-corrected chi connectivity index (χ4v) is 4.51. The summed E-state index contributed by atoms with van der Waals surface area (Å²) in [4.78, 5) is 0. The van der Waals surface area contributed by atoms with E-state index in [0.717, 1.165) is 35.5 Å². The molecular weight excluding hydrogens is 386 g/mol. The standard InChI is InChI=1S/C22H28ClN5O/c1-14-17(21(23)27(4)26-14)12-24-19-10-22(2,3)11-20-18(19)13-25-28(20)15-6-8-16(29-5)9-7-15/h6-9,13,19,24H,10-12H2,1-5H3/t19-/m1/s1. The predicted octanol–water partition coefficient (Wildman–Crippen LogP) is 4.38. The molecular formula is C22H28ClN5O. The van der Waals surface area contributed by atoms with Crippen LogP contribution in [0.1, 0.15) is 48.8 Å². The minimum absolute atomic E-state index is 0.169. The molecule has 0 unspecified atom stereocenters. The number of nitrogens with one attached hydrogen (secondary N) is 1. The zero-order valence-corrected chi connectivity index (χ0v) is 18.4. The van der Waals surface area contributed by atoms with Gasteiger partial charge < -0.3 is 10.1 Å². The number of methoxy groups -OCH3 is 1. The molecule has 0 spiro atoms. The monoisotopic (exact) mass is 413 g/mol. The summed E-state index contributed by atoms with van der Waals surface area (Å²) in [6.45, 7) is 7.32. The number of hydrogen-bond acceptors (Lipinski definition) is 4. The number of rotatable bonds is 5. The van der Waals surface area contributed by atoms with Gasteiger partial charge in [0.15, 0.2) is 0 Å². The van der Waals surface area contributed by atoms with Crippen LogP contribution in [0.25, 0.3) is 5.69 Å². The Bertz CT molecular complexity index is 1020. The molecule has 4 rings (SSSR count). The van der Waals surface area contributed by atoms with Crippen LogP contribution in [0.15, 0.2) is 30.5 Å². The van der Waals surface area contributed by atoms with Crippen molar-refractivity contribution in [3.63, 3.8) is 0 Å². The molecule has 2 aromatic heterocycles. The van der Waals surface area contributed by atoms with Crippen molar-refractivity contribution in [3.8, 4) is 11.4 Å². The van der Waals surface area contributed by atoms with E-state index in [1.165, 1.54) is 11.3 Å². The molecule has 154 valence electrons. The van der Waals surface area contributed by atoms with Crippen LogP contribution in [-0.4, -0.2) is 26.7 Å². The third kappa shape index (κ3) is 3.79. The lowest BCUT2D eigenvalue weighted by molar-refractivity contribution is 0.252. The molecule has 0 aliphatic heterocycles. The summed E-state index contributed by atoms with van der Waals surface area (Å²) < 4.78 is 9.08. The van der Waals surface area contributed by atoms with Crippen LogP contribution in [0.4, 0.5) is 0 Å². The molecule has 0 radical (unpaired) electrons. The number of halogens is 1. The lowest BCUT2D eigenvalue weighted by Gasteiger charge is -2.36. The molecule has 29 heavy (non-hydrogen) atoms. The van der Waals surface area contributed by atoms with Crippen molar-refractivity contribution in [1.29, 1.82) is 0 Å². The second-order valence-electron chi connectivity index (χ2n) is 8.61. The second-order valence-corrected chi connectivity index (χ2v) is 8.97. The normalized spacial score (nSPS) is 17.9. The van der Waals surface area contributed by atoms with E-state index in [2.05, 4.69) is 41.1 Å². The van der Waals surface area contributed by atoms with Crippen LogP contribution >= 0.6 is 11.6 Å². The largest absolute Gasteiger partial charge is 0.497 e. The zero-order chi connectivity index (χ0) is 20.8. The maximum absolute atomic E-state index is 6.43. The van der Waals surface area contributed by atoms with Crippen LogP contribution in [0.2, 0.25) is 5.15 Å². The van der Waals surface area contributed by atoms with Gasteiger partial charge in [0.2, 0.25) is 0 Å². The molecule has 3 aromatic rings. The lowest BCUT2D eigenvalue weighted by atomic mass is 9.74. The molecule has 1 atom stereocenters. The minimum Gasteiger partial charge on any atom is -0.497 e. The molecule has 1 aliphatic rings. The van der Waals surface area contributed by atoms with Crippen molar-refractivity contribution in [1.82, 2.24) is 24.9 Å². The van der Waals surface area contributed by atoms with Gasteiger partial charge in [-0.2, -0.15) is 10.2 Å². The maximum atomic E-state index is 6.43. The average molecular weight is 414 g/mol. The Hall–Kier alpha value is -2.31. The van der Waals surface area contributed by atoms with Crippen molar-refractivity contribution in [2.24, 2.45) is 12.5 Å². The van der Waals surface area contributed by atoms with Gasteiger partial charge in [0.25, 0.3) is 0 Å². The Kier molecular flexibility index (Phi) is 5.17. The molecule has 7 heteroatoms. The van der Waals surface area contributed by atoms with E-state index in [-0.39, 0.29) is 11.5 Å². The summed E-state index contributed by atoms with van der Waals surface area (Å²) in [7, 11) is 3.55. The van der Waals surface area contributed by atoms with Gasteiger partial charge in [0, 0.05) is 36.5 Å². The van der Waals surface area contributed by atoms with E-state index in [4.69, 9.17) is 21.4 Å². The molecule has 1 N–H and O–H groups in total. The summed E-state index contributed by atoms with van der Waals surface area (Å²) in [6, 6.07) is 8.26. The zero-order valence-electron chi connectivity index (χ0n) is 17.7. The van der Waals surface area contributed by atoms with Crippen molar-refractivity contribution in [2.45, 2.75) is 46.2 Å². The fourth-order valence-electron chi connectivity index (χ4n) is 4.27. The number of aromatic nitrogens is 4. The van der Waals surface area contributed by atoms with Gasteiger partial charge in [-0.1, -0.05) is 25.4 Å². The number of fused-ring (bicyclic) bond motifs is 1. The van der Waals surface area contributed by atoms with Gasteiger partial charge in [0.05, 0.1) is 24.7 Å². The summed E-state index contributed by atoms with van der Waals surface area (Å²) >= 11 is 6.43. The number of ether oxygens (including phenoxy) is 1. The van der Waals surface area contributed by atoms with Gasteiger partial charge in [0.1, 0.15) is 10.9 Å². The van der Waals surface area contributed by atoms with Crippen LogP contribution in [-0.2, 0) is 20.0 Å². The lowest BCUT2D eigenvalue weighted by Crippen LogP contribution is -2.33. The third-order valence-corrected chi connectivity index (χ3v) is 6.26. The summed E-state index contributed by atoms with van der Waals surface area (Å²) in [5, 5.41) is 13.6. The molecule has 0 bridgehead atoms. The van der Waals surface area contributed by atoms with Gasteiger partial charge >= 0.3 is 0 Å². The van der Waals surface area contributed by atoms with Gasteiger partial charge in [-0.15, -0.1) is 0 Å². The molecule has 1 aliphatic carbocycles. The predicted molar refractivity (Wildman–Crippen MR) is 115 cm³/mol. The number of aryl methyl sites for hydroxylation is 2. The van der Waals surface area contributed by atoms with Gasteiger partial charge in [-0.05, 0) is 49.4 Å². The molecule has 1 aromatic carbocycles. The van der Waals surface area contributed by atoms with E-state index < -0.39 is 0 Å². The van der Waals surface area contributed by atoms with Crippen molar-refractivity contribution in [3.05, 3.63) is 58.1 Å². The third-order valence-electron chi connectivity index (χ3n) is 5.79. The molecule has 0 fully saturated rings. The van der Waals surface area contributed by atoms with Crippen molar-refractivity contribution < 1.29 is 4.74 Å². The highest BCUT2D eigenvalue weighted by Gasteiger charge is 2.35. The topological polar surface area (TPSA) is 56.9 Å². The van der Waals surface area contributed by atoms with E-state index in [1.807, 2.05) is 32.3 Å². The highest BCUT2D eigenvalue weighted by molar-refractivity contribution is 6.30. The van der Waals surface area contributed by atoms with Crippen LogP contribution in [0.5, 0.6) is 5.75 Å². The second kappa shape index (κ2) is 7.50. The average Bonchev–Trinajstić information content (AvgIpc) is 3.20. The Labute approximate surface area is 176 Å². The first-order valence-electron chi connectivity index (χ1n) is 9.91. The quantitative estimate of drug-likeness (QED) is 0.674. The minimum atomic E-state index is 0.169. The number of hydrogen-bond donors (Lipinski definition) is 1. The maximum Gasteiger partial charge on any atom is 0.131 e. The first kappa shape index (κ1) is 20.0. The molecule has 2 heterocycles. The molecule has 0 saturated heterocycles. The summed E-state index contributed by atoms with van der Waals surface area (Å²) in [5.41, 5.74) is 5.77. The summed E-state index contributed by atoms with van der Waals surface area (Å²) in [6.07, 6.45) is 4.04. The highest BCUT2D eigenvalue weighted by atomic mass is 35.5. The van der Waals surface area contributed by atoms with Gasteiger partial charge in [-0.25, -0.2) is 4.68 Å². The van der Waals surface area contributed by atoms with Crippen molar-refractivity contribution in [2.75, 3.05) is 7.11 Å². The Morgan fingerprint density at radius 2 is 2.00 bits per heavy atom. The van der Waals surface area contributed by atoms with E-state index in [0.29, 0.717) is 11.7 Å². The first-order valence-corrected chi connectivity index (χ1v) is 10.3. The molecule has 6 nitrogen and oxygen atoms in total. The fraction of sp³-hybridized carbons (Fsp3) is 0.455. The van der Waals surface area contributed by atoms with Crippen molar-refractivity contribution >= 4 is 11.6 Å². The van der Waals surface area contributed by atoms with E-state index >= 15 is 0 Å². The van der Waals surface area contributed by atoms with Crippen LogP contribution < -0.4 is 10.1 Å². The highest BCUT2D eigenvalue weighted by Crippen LogP contribution is 2.41. The van der Waals surface area contributed by atoms with Crippen LogP contribution in [0, 0.1) is 12.3 Å². The first-order chi connectivity index (χ1) is 13.8. The number of nitrogens with zero attached hydrogens (tertiary/aromatic N) is 4. The Morgan fingerprint density at radius 3 is 2.62 bits per heavy atom. The number of benzene rings is 1. The van der Waals surface area contributed by atoms with Crippen LogP contribution in [0.3, 0.4) is 0 Å².